The Balaban J connectivity index is 1.78. The Kier molecular flexibility index (Phi) is 3.03. The summed E-state index contributed by atoms with van der Waals surface area (Å²) in [5.74, 6) is 0.191. The van der Waals surface area contributed by atoms with Gasteiger partial charge in [0.1, 0.15) is 6.04 Å². The summed E-state index contributed by atoms with van der Waals surface area (Å²) in [4.78, 5) is 25.6. The molecule has 106 valence electrons. The van der Waals surface area contributed by atoms with Gasteiger partial charge in [0.25, 0.3) is 0 Å². The Bertz CT molecular complexity index is 512. The first-order valence-electron chi connectivity index (χ1n) is 6.76. The van der Waals surface area contributed by atoms with Gasteiger partial charge in [-0.15, -0.1) is 0 Å². The SMILES string of the molecule is O=C1CN(C2CCCS(=O)(=O)C2)C(=O)C(C2CC2)N1. The monoisotopic (exact) mass is 286 g/mol. The summed E-state index contributed by atoms with van der Waals surface area (Å²) in [5, 5.41) is 2.74. The molecule has 3 rings (SSSR count). The fourth-order valence-corrected chi connectivity index (χ4v) is 4.70. The smallest absolute Gasteiger partial charge is 0.246 e. The number of piperazine rings is 1. The Morgan fingerprint density at radius 3 is 2.53 bits per heavy atom. The van der Waals surface area contributed by atoms with Crippen LogP contribution in [0, 0.1) is 5.92 Å². The fourth-order valence-electron chi connectivity index (χ4n) is 2.99. The van der Waals surface area contributed by atoms with Crippen LogP contribution in [0.25, 0.3) is 0 Å². The summed E-state index contributed by atoms with van der Waals surface area (Å²) in [6, 6.07) is -0.746. The Morgan fingerprint density at radius 2 is 1.89 bits per heavy atom. The first-order valence-corrected chi connectivity index (χ1v) is 8.59. The Morgan fingerprint density at radius 1 is 1.16 bits per heavy atom. The lowest BCUT2D eigenvalue weighted by Crippen LogP contribution is -2.62. The number of carbonyl (C=O) groups is 2. The van der Waals surface area contributed by atoms with E-state index in [0.717, 1.165) is 12.8 Å². The van der Waals surface area contributed by atoms with Crippen molar-refractivity contribution >= 4 is 21.7 Å². The second-order valence-corrected chi connectivity index (χ2v) is 7.99. The van der Waals surface area contributed by atoms with Crippen LogP contribution in [-0.4, -0.2) is 55.3 Å². The summed E-state index contributed by atoms with van der Waals surface area (Å²) in [5.41, 5.74) is 0. The minimum atomic E-state index is -3.07. The molecule has 6 nitrogen and oxygen atoms in total. The number of amides is 2. The highest BCUT2D eigenvalue weighted by Crippen LogP contribution is 2.35. The molecule has 2 amide bonds. The van der Waals surface area contributed by atoms with Crippen molar-refractivity contribution in [1.82, 2.24) is 10.2 Å². The van der Waals surface area contributed by atoms with Gasteiger partial charge in [-0.05, 0) is 31.6 Å². The minimum absolute atomic E-state index is 0.00222. The third-order valence-electron chi connectivity index (χ3n) is 4.15. The van der Waals surface area contributed by atoms with E-state index in [0.29, 0.717) is 12.8 Å². The third-order valence-corrected chi connectivity index (χ3v) is 5.96. The molecule has 1 aliphatic carbocycles. The van der Waals surface area contributed by atoms with Gasteiger partial charge in [0, 0.05) is 6.04 Å². The van der Waals surface area contributed by atoms with Gasteiger partial charge < -0.3 is 10.2 Å². The van der Waals surface area contributed by atoms with Gasteiger partial charge in [0.15, 0.2) is 9.84 Å². The molecule has 3 aliphatic rings. The standard InChI is InChI=1S/C12H18N2O4S/c15-10-6-14(9-2-1-5-19(17,18)7-9)12(16)11(13-10)8-3-4-8/h8-9,11H,1-7H2,(H,13,15). The number of carbonyl (C=O) groups excluding carboxylic acids is 2. The molecule has 1 N–H and O–H groups in total. The van der Waals surface area contributed by atoms with Crippen molar-refractivity contribution in [2.45, 2.75) is 37.8 Å². The first-order chi connectivity index (χ1) is 8.96. The highest BCUT2D eigenvalue weighted by atomic mass is 32.2. The van der Waals surface area contributed by atoms with Gasteiger partial charge in [0.2, 0.25) is 11.8 Å². The van der Waals surface area contributed by atoms with Crippen LogP contribution >= 0.6 is 0 Å². The average Bonchev–Trinajstić information content (AvgIpc) is 3.14. The number of rotatable bonds is 2. The summed E-state index contributed by atoms with van der Waals surface area (Å²) >= 11 is 0. The van der Waals surface area contributed by atoms with Crippen LogP contribution in [0.1, 0.15) is 25.7 Å². The van der Waals surface area contributed by atoms with Crippen molar-refractivity contribution in [3.8, 4) is 0 Å². The zero-order chi connectivity index (χ0) is 13.6. The second kappa shape index (κ2) is 4.47. The van der Waals surface area contributed by atoms with E-state index in [4.69, 9.17) is 0 Å². The zero-order valence-electron chi connectivity index (χ0n) is 10.7. The van der Waals surface area contributed by atoms with Crippen LogP contribution in [-0.2, 0) is 19.4 Å². The Labute approximate surface area is 112 Å². The number of nitrogens with zero attached hydrogens (tertiary/aromatic N) is 1. The van der Waals surface area contributed by atoms with Gasteiger partial charge in [-0.25, -0.2) is 8.42 Å². The van der Waals surface area contributed by atoms with Crippen LogP contribution in [0.3, 0.4) is 0 Å². The summed E-state index contributed by atoms with van der Waals surface area (Å²) < 4.78 is 23.4. The van der Waals surface area contributed by atoms with Gasteiger partial charge in [-0.3, -0.25) is 9.59 Å². The fraction of sp³-hybridized carbons (Fsp3) is 0.833. The highest BCUT2D eigenvalue weighted by Gasteiger charge is 2.45. The van der Waals surface area contributed by atoms with Crippen molar-refractivity contribution < 1.29 is 18.0 Å². The molecule has 0 spiro atoms. The Hall–Kier alpha value is -1.11. The van der Waals surface area contributed by atoms with Gasteiger partial charge in [0.05, 0.1) is 18.1 Å². The predicted molar refractivity (Wildman–Crippen MR) is 68.0 cm³/mol. The predicted octanol–water partition coefficient (Wildman–Crippen LogP) is -0.699. The maximum Gasteiger partial charge on any atom is 0.246 e. The molecule has 0 bridgehead atoms. The molecule has 7 heteroatoms. The molecule has 1 saturated carbocycles. The van der Waals surface area contributed by atoms with Crippen LogP contribution in [0.4, 0.5) is 0 Å². The quantitative estimate of drug-likeness (QED) is 0.727. The summed E-state index contributed by atoms with van der Waals surface area (Å²) in [7, 11) is -3.07. The maximum absolute atomic E-state index is 12.4. The van der Waals surface area contributed by atoms with Crippen LogP contribution in [0.2, 0.25) is 0 Å². The van der Waals surface area contributed by atoms with Crippen molar-refractivity contribution in [2.75, 3.05) is 18.1 Å². The van der Waals surface area contributed by atoms with Crippen molar-refractivity contribution in [2.24, 2.45) is 5.92 Å². The molecule has 0 aromatic carbocycles. The zero-order valence-corrected chi connectivity index (χ0v) is 11.5. The molecular formula is C12H18N2O4S. The van der Waals surface area contributed by atoms with Gasteiger partial charge in [-0.1, -0.05) is 0 Å². The molecule has 2 atom stereocenters. The van der Waals surface area contributed by atoms with E-state index in [2.05, 4.69) is 5.32 Å². The second-order valence-electron chi connectivity index (χ2n) is 5.76. The first kappa shape index (κ1) is 12.9. The molecule has 2 unspecified atom stereocenters. The van der Waals surface area contributed by atoms with E-state index in [9.17, 15) is 18.0 Å². The minimum Gasteiger partial charge on any atom is -0.342 e. The van der Waals surface area contributed by atoms with Crippen LogP contribution in [0.5, 0.6) is 0 Å². The summed E-state index contributed by atoms with van der Waals surface area (Å²) in [6.45, 7) is 0.00222. The lowest BCUT2D eigenvalue weighted by atomic mass is 10.0. The molecule has 0 aromatic heterocycles. The van der Waals surface area contributed by atoms with E-state index >= 15 is 0 Å². The molecule has 0 aromatic rings. The third kappa shape index (κ3) is 2.61. The lowest BCUT2D eigenvalue weighted by Gasteiger charge is -2.39. The van der Waals surface area contributed by atoms with E-state index in [-0.39, 0.29) is 41.8 Å². The van der Waals surface area contributed by atoms with Gasteiger partial charge in [-0.2, -0.15) is 0 Å². The summed E-state index contributed by atoms with van der Waals surface area (Å²) in [6.07, 6.45) is 3.18. The van der Waals surface area contributed by atoms with Crippen molar-refractivity contribution in [3.05, 3.63) is 0 Å². The van der Waals surface area contributed by atoms with E-state index in [1.54, 1.807) is 0 Å². The average molecular weight is 286 g/mol. The van der Waals surface area contributed by atoms with Crippen molar-refractivity contribution in [3.63, 3.8) is 0 Å². The molecule has 3 fully saturated rings. The number of hydrogen-bond donors (Lipinski definition) is 1. The molecule has 2 saturated heterocycles. The largest absolute Gasteiger partial charge is 0.342 e. The molecule has 2 aliphatic heterocycles. The molecule has 0 radical (unpaired) electrons. The van der Waals surface area contributed by atoms with E-state index in [1.807, 2.05) is 0 Å². The van der Waals surface area contributed by atoms with Crippen LogP contribution < -0.4 is 5.32 Å². The number of sulfone groups is 1. The molecular weight excluding hydrogens is 268 g/mol. The number of hydrogen-bond acceptors (Lipinski definition) is 4. The van der Waals surface area contributed by atoms with E-state index < -0.39 is 15.9 Å². The molecule has 19 heavy (non-hydrogen) atoms. The number of nitrogens with one attached hydrogen (secondary N) is 1. The maximum atomic E-state index is 12.4. The normalized spacial score (nSPS) is 35.1. The van der Waals surface area contributed by atoms with E-state index in [1.165, 1.54) is 4.90 Å². The lowest BCUT2D eigenvalue weighted by molar-refractivity contribution is -0.147. The highest BCUT2D eigenvalue weighted by molar-refractivity contribution is 7.91. The molecule has 2 heterocycles. The van der Waals surface area contributed by atoms with Crippen molar-refractivity contribution in [1.29, 1.82) is 0 Å². The van der Waals surface area contributed by atoms with Crippen LogP contribution in [0.15, 0.2) is 0 Å². The topological polar surface area (TPSA) is 83.6 Å². The van der Waals surface area contributed by atoms with Gasteiger partial charge >= 0.3 is 0 Å².